The zero-order chi connectivity index (χ0) is 8.77. The minimum atomic E-state index is 0.356. The molecule has 1 saturated carbocycles. The Morgan fingerprint density at radius 2 is 1.58 bits per heavy atom. The van der Waals surface area contributed by atoms with Crippen molar-refractivity contribution in [3.63, 3.8) is 0 Å². The lowest BCUT2D eigenvalue weighted by Crippen LogP contribution is -1.98. The summed E-state index contributed by atoms with van der Waals surface area (Å²) in [5.41, 5.74) is 1.63. The van der Waals surface area contributed by atoms with E-state index in [0.29, 0.717) is 5.41 Å². The second-order valence-corrected chi connectivity index (χ2v) is 4.59. The quantitative estimate of drug-likeness (QED) is 0.643. The molecule has 0 spiro atoms. The van der Waals surface area contributed by atoms with Crippen molar-refractivity contribution < 1.29 is 0 Å². The van der Waals surface area contributed by atoms with Crippen molar-refractivity contribution in [3.8, 4) is 0 Å². The molecule has 12 heavy (non-hydrogen) atoms. The Balaban J connectivity index is 2.44. The molecule has 0 aliphatic heterocycles. The van der Waals surface area contributed by atoms with Crippen LogP contribution in [0, 0.1) is 0 Å². The predicted molar refractivity (Wildman–Crippen MR) is 53.0 cm³/mol. The predicted octanol–water partition coefficient (Wildman–Crippen LogP) is 4.04. The molecule has 1 aliphatic rings. The lowest BCUT2D eigenvalue weighted by molar-refractivity contribution is 0.788. The van der Waals surface area contributed by atoms with Crippen molar-refractivity contribution in [1.82, 2.24) is 0 Å². The molecule has 0 bridgehead atoms. The van der Waals surface area contributed by atoms with Crippen LogP contribution in [0.4, 0.5) is 0 Å². The summed E-state index contributed by atoms with van der Waals surface area (Å²) in [6, 6.07) is 5.80. The van der Waals surface area contributed by atoms with Gasteiger partial charge in [-0.05, 0) is 42.0 Å². The van der Waals surface area contributed by atoms with Gasteiger partial charge in [-0.3, -0.25) is 0 Å². The van der Waals surface area contributed by atoms with Crippen LogP contribution in [-0.2, 0) is 5.41 Å². The minimum Gasteiger partial charge on any atom is -0.0843 e. The van der Waals surface area contributed by atoms with Crippen LogP contribution in [0.5, 0.6) is 0 Å². The third kappa shape index (κ3) is 1.46. The SMILES string of the molecule is CC1(c2cc(Cl)cc(Cl)c2)CC1. The fraction of sp³-hybridized carbons (Fsp3) is 0.400. The van der Waals surface area contributed by atoms with E-state index < -0.39 is 0 Å². The minimum absolute atomic E-state index is 0.356. The maximum absolute atomic E-state index is 5.90. The Morgan fingerprint density at radius 3 is 2.00 bits per heavy atom. The van der Waals surface area contributed by atoms with Crippen molar-refractivity contribution in [2.75, 3.05) is 0 Å². The molecule has 2 rings (SSSR count). The van der Waals surface area contributed by atoms with E-state index in [4.69, 9.17) is 23.2 Å². The highest BCUT2D eigenvalue weighted by Crippen LogP contribution is 2.48. The van der Waals surface area contributed by atoms with E-state index in [9.17, 15) is 0 Å². The van der Waals surface area contributed by atoms with E-state index >= 15 is 0 Å². The Bertz CT molecular complexity index is 293. The number of halogens is 2. The molecule has 0 aromatic heterocycles. The molecule has 0 nitrogen and oxygen atoms in total. The smallest absolute Gasteiger partial charge is 0.0423 e. The molecule has 64 valence electrons. The highest BCUT2D eigenvalue weighted by molar-refractivity contribution is 6.34. The average Bonchev–Trinajstić information content (AvgIpc) is 2.67. The summed E-state index contributed by atoms with van der Waals surface area (Å²) in [5.74, 6) is 0. The zero-order valence-corrected chi connectivity index (χ0v) is 8.41. The van der Waals surface area contributed by atoms with Gasteiger partial charge in [0.1, 0.15) is 0 Å². The van der Waals surface area contributed by atoms with Crippen molar-refractivity contribution in [1.29, 1.82) is 0 Å². The summed E-state index contributed by atoms with van der Waals surface area (Å²) in [6.07, 6.45) is 2.51. The molecule has 0 heterocycles. The highest BCUT2D eigenvalue weighted by atomic mass is 35.5. The van der Waals surface area contributed by atoms with Gasteiger partial charge in [-0.15, -0.1) is 0 Å². The monoisotopic (exact) mass is 200 g/mol. The van der Waals surface area contributed by atoms with Crippen LogP contribution < -0.4 is 0 Å². The fourth-order valence-electron chi connectivity index (χ4n) is 1.38. The normalized spacial score (nSPS) is 19.2. The van der Waals surface area contributed by atoms with E-state index in [1.165, 1.54) is 18.4 Å². The largest absolute Gasteiger partial charge is 0.0843 e. The molecule has 1 fully saturated rings. The number of benzene rings is 1. The number of hydrogen-bond acceptors (Lipinski definition) is 0. The van der Waals surface area contributed by atoms with E-state index in [-0.39, 0.29) is 0 Å². The summed E-state index contributed by atoms with van der Waals surface area (Å²) in [5, 5.41) is 1.48. The van der Waals surface area contributed by atoms with Crippen molar-refractivity contribution in [3.05, 3.63) is 33.8 Å². The molecule has 1 aromatic carbocycles. The Morgan fingerprint density at radius 1 is 1.08 bits per heavy atom. The molecular formula is C10H10Cl2. The van der Waals surface area contributed by atoms with Crippen molar-refractivity contribution in [2.24, 2.45) is 0 Å². The van der Waals surface area contributed by atoms with Gasteiger partial charge in [0.05, 0.1) is 0 Å². The Hall–Kier alpha value is -0.200. The van der Waals surface area contributed by atoms with Gasteiger partial charge in [0, 0.05) is 10.0 Å². The second kappa shape index (κ2) is 2.65. The Labute approximate surface area is 82.5 Å². The molecule has 0 amide bonds. The van der Waals surface area contributed by atoms with Gasteiger partial charge < -0.3 is 0 Å². The highest BCUT2D eigenvalue weighted by Gasteiger charge is 2.39. The number of hydrogen-bond donors (Lipinski definition) is 0. The molecular weight excluding hydrogens is 191 g/mol. The third-order valence-electron chi connectivity index (χ3n) is 2.56. The second-order valence-electron chi connectivity index (χ2n) is 3.72. The van der Waals surface area contributed by atoms with Crippen molar-refractivity contribution in [2.45, 2.75) is 25.2 Å². The van der Waals surface area contributed by atoms with Gasteiger partial charge >= 0.3 is 0 Å². The topological polar surface area (TPSA) is 0 Å². The molecule has 0 saturated heterocycles. The van der Waals surface area contributed by atoms with E-state index in [1.54, 1.807) is 6.07 Å². The summed E-state index contributed by atoms with van der Waals surface area (Å²) < 4.78 is 0. The van der Waals surface area contributed by atoms with Gasteiger partial charge in [0.15, 0.2) is 0 Å². The molecule has 0 N–H and O–H groups in total. The molecule has 0 atom stereocenters. The van der Waals surface area contributed by atoms with E-state index in [2.05, 4.69) is 6.92 Å². The van der Waals surface area contributed by atoms with Crippen LogP contribution in [-0.4, -0.2) is 0 Å². The van der Waals surface area contributed by atoms with Crippen LogP contribution in [0.3, 0.4) is 0 Å². The van der Waals surface area contributed by atoms with E-state index in [1.807, 2.05) is 12.1 Å². The van der Waals surface area contributed by atoms with Gasteiger partial charge in [-0.25, -0.2) is 0 Å². The summed E-state index contributed by atoms with van der Waals surface area (Å²) in [6.45, 7) is 2.25. The van der Waals surface area contributed by atoms with Crippen LogP contribution in [0.25, 0.3) is 0 Å². The number of rotatable bonds is 1. The zero-order valence-electron chi connectivity index (χ0n) is 6.90. The molecule has 1 aromatic rings. The van der Waals surface area contributed by atoms with Gasteiger partial charge in [0.25, 0.3) is 0 Å². The summed E-state index contributed by atoms with van der Waals surface area (Å²) in [4.78, 5) is 0. The molecule has 0 radical (unpaired) electrons. The first-order valence-corrected chi connectivity index (χ1v) is 4.82. The summed E-state index contributed by atoms with van der Waals surface area (Å²) >= 11 is 11.8. The van der Waals surface area contributed by atoms with Crippen molar-refractivity contribution >= 4 is 23.2 Å². The maximum atomic E-state index is 5.90. The maximum Gasteiger partial charge on any atom is 0.0423 e. The lowest BCUT2D eigenvalue weighted by Gasteiger charge is -2.09. The Kier molecular flexibility index (Phi) is 1.85. The average molecular weight is 201 g/mol. The van der Waals surface area contributed by atoms with Gasteiger partial charge in [0.2, 0.25) is 0 Å². The standard InChI is InChI=1S/C10H10Cl2/c1-10(2-3-10)7-4-8(11)6-9(12)5-7/h4-6H,2-3H2,1H3. The van der Waals surface area contributed by atoms with Crippen LogP contribution >= 0.6 is 23.2 Å². The van der Waals surface area contributed by atoms with Gasteiger partial charge in [-0.1, -0.05) is 30.1 Å². The molecule has 0 unspecified atom stereocenters. The first kappa shape index (κ1) is 8.40. The van der Waals surface area contributed by atoms with Crippen LogP contribution in [0.1, 0.15) is 25.3 Å². The molecule has 1 aliphatic carbocycles. The third-order valence-corrected chi connectivity index (χ3v) is 3.00. The van der Waals surface area contributed by atoms with E-state index in [0.717, 1.165) is 10.0 Å². The first-order valence-electron chi connectivity index (χ1n) is 4.07. The summed E-state index contributed by atoms with van der Waals surface area (Å²) in [7, 11) is 0. The fourth-order valence-corrected chi connectivity index (χ4v) is 1.90. The van der Waals surface area contributed by atoms with Gasteiger partial charge in [-0.2, -0.15) is 0 Å². The van der Waals surface area contributed by atoms with Crippen LogP contribution in [0.15, 0.2) is 18.2 Å². The lowest BCUT2D eigenvalue weighted by atomic mass is 9.99. The molecule has 2 heteroatoms. The van der Waals surface area contributed by atoms with Crippen LogP contribution in [0.2, 0.25) is 10.0 Å². The first-order chi connectivity index (χ1) is 5.60.